The second kappa shape index (κ2) is 6.08. The molecule has 16 heavy (non-hydrogen) atoms. The first kappa shape index (κ1) is 13.3. The summed E-state index contributed by atoms with van der Waals surface area (Å²) in [5.74, 6) is 0.459. The third-order valence-electron chi connectivity index (χ3n) is 2.37. The van der Waals surface area contributed by atoms with Crippen LogP contribution in [0.1, 0.15) is 25.7 Å². The fourth-order valence-corrected chi connectivity index (χ4v) is 1.29. The summed E-state index contributed by atoms with van der Waals surface area (Å²) in [6.07, 6.45) is -2.62. The Kier molecular flexibility index (Phi) is 5.05. The van der Waals surface area contributed by atoms with Crippen LogP contribution in [0.15, 0.2) is 0 Å². The highest BCUT2D eigenvalue weighted by atomic mass is 19.4. The van der Waals surface area contributed by atoms with Crippen molar-refractivity contribution in [2.24, 2.45) is 5.92 Å². The Balaban J connectivity index is 1.89. The Hall–Kier alpha value is -0.780. The van der Waals surface area contributed by atoms with Gasteiger partial charge in [0, 0.05) is 13.0 Å². The first-order valence-corrected chi connectivity index (χ1v) is 5.51. The van der Waals surface area contributed by atoms with Crippen LogP contribution in [-0.4, -0.2) is 31.7 Å². The van der Waals surface area contributed by atoms with Gasteiger partial charge < -0.3 is 10.6 Å². The minimum absolute atomic E-state index is 0.0577. The molecule has 1 aliphatic carbocycles. The van der Waals surface area contributed by atoms with E-state index in [1.165, 1.54) is 12.8 Å². The summed E-state index contributed by atoms with van der Waals surface area (Å²) in [6, 6.07) is 0. The monoisotopic (exact) mass is 238 g/mol. The lowest BCUT2D eigenvalue weighted by Gasteiger charge is -2.08. The second-order valence-corrected chi connectivity index (χ2v) is 4.14. The van der Waals surface area contributed by atoms with E-state index < -0.39 is 12.6 Å². The highest BCUT2D eigenvalue weighted by Gasteiger charge is 2.26. The van der Waals surface area contributed by atoms with Gasteiger partial charge in [-0.3, -0.25) is 4.79 Å². The molecule has 6 heteroatoms. The zero-order valence-electron chi connectivity index (χ0n) is 9.07. The Morgan fingerprint density at radius 2 is 2.00 bits per heavy atom. The van der Waals surface area contributed by atoms with Crippen LogP contribution in [-0.2, 0) is 4.79 Å². The van der Waals surface area contributed by atoms with E-state index in [0.717, 1.165) is 6.54 Å². The van der Waals surface area contributed by atoms with Crippen molar-refractivity contribution in [3.8, 4) is 0 Å². The number of carbonyl (C=O) groups excluding carboxylic acids is 1. The molecule has 1 amide bonds. The third-order valence-corrected chi connectivity index (χ3v) is 2.37. The first-order valence-electron chi connectivity index (χ1n) is 5.51. The molecule has 0 heterocycles. The Labute approximate surface area is 92.8 Å². The molecule has 0 radical (unpaired) electrons. The van der Waals surface area contributed by atoms with Crippen molar-refractivity contribution >= 4 is 5.91 Å². The molecule has 0 aromatic heterocycles. The van der Waals surface area contributed by atoms with Crippen LogP contribution in [0.5, 0.6) is 0 Å². The topological polar surface area (TPSA) is 41.1 Å². The van der Waals surface area contributed by atoms with Gasteiger partial charge in [-0.05, 0) is 31.7 Å². The molecule has 0 aliphatic heterocycles. The van der Waals surface area contributed by atoms with Gasteiger partial charge in [0.15, 0.2) is 0 Å². The van der Waals surface area contributed by atoms with Gasteiger partial charge in [-0.2, -0.15) is 13.2 Å². The van der Waals surface area contributed by atoms with Crippen molar-refractivity contribution in [2.45, 2.75) is 31.9 Å². The average Bonchev–Trinajstić information content (AvgIpc) is 2.95. The van der Waals surface area contributed by atoms with Crippen LogP contribution in [0.25, 0.3) is 0 Å². The lowest BCUT2D eigenvalue weighted by molar-refractivity contribution is -0.136. The zero-order valence-corrected chi connectivity index (χ0v) is 9.07. The van der Waals surface area contributed by atoms with Gasteiger partial charge in [-0.25, -0.2) is 0 Å². The summed E-state index contributed by atoms with van der Waals surface area (Å²) in [7, 11) is 0. The summed E-state index contributed by atoms with van der Waals surface area (Å²) in [5, 5.41) is 5.42. The lowest BCUT2D eigenvalue weighted by Crippen LogP contribution is -2.35. The maximum atomic E-state index is 11.8. The second-order valence-electron chi connectivity index (χ2n) is 4.14. The van der Waals surface area contributed by atoms with E-state index in [4.69, 9.17) is 0 Å². The highest BCUT2D eigenvalue weighted by molar-refractivity contribution is 5.77. The quantitative estimate of drug-likeness (QED) is 0.659. The molecule has 2 N–H and O–H groups in total. The smallest absolute Gasteiger partial charge is 0.355 e. The van der Waals surface area contributed by atoms with Gasteiger partial charge in [0.1, 0.15) is 0 Å². The van der Waals surface area contributed by atoms with E-state index in [1.54, 1.807) is 0 Å². The molecular weight excluding hydrogens is 221 g/mol. The van der Waals surface area contributed by atoms with E-state index >= 15 is 0 Å². The van der Waals surface area contributed by atoms with Crippen LogP contribution < -0.4 is 10.6 Å². The molecule has 1 fully saturated rings. The van der Waals surface area contributed by atoms with Crippen LogP contribution in [0.2, 0.25) is 0 Å². The Morgan fingerprint density at radius 1 is 1.31 bits per heavy atom. The van der Waals surface area contributed by atoms with Crippen molar-refractivity contribution in [2.75, 3.05) is 19.6 Å². The molecule has 0 atom stereocenters. The molecule has 1 aliphatic rings. The van der Waals surface area contributed by atoms with E-state index in [2.05, 4.69) is 10.6 Å². The summed E-state index contributed by atoms with van der Waals surface area (Å²) in [4.78, 5) is 11.1. The third kappa shape index (κ3) is 7.50. The van der Waals surface area contributed by atoms with Crippen molar-refractivity contribution < 1.29 is 18.0 Å². The van der Waals surface area contributed by atoms with Gasteiger partial charge in [0.05, 0.1) is 6.54 Å². The summed E-state index contributed by atoms with van der Waals surface area (Å²) in [5.41, 5.74) is 0. The molecule has 94 valence electrons. The van der Waals surface area contributed by atoms with E-state index in [1.807, 2.05) is 0 Å². The van der Waals surface area contributed by atoms with Crippen LogP contribution in [0.3, 0.4) is 0 Å². The fourth-order valence-electron chi connectivity index (χ4n) is 1.29. The maximum Gasteiger partial charge on any atom is 0.389 e. The summed E-state index contributed by atoms with van der Waals surface area (Å²) < 4.78 is 35.3. The van der Waals surface area contributed by atoms with Crippen molar-refractivity contribution in [3.63, 3.8) is 0 Å². The number of hydrogen-bond acceptors (Lipinski definition) is 2. The Morgan fingerprint density at radius 3 is 2.56 bits per heavy atom. The minimum Gasteiger partial charge on any atom is -0.355 e. The molecule has 0 aromatic carbocycles. The predicted molar refractivity (Wildman–Crippen MR) is 53.9 cm³/mol. The average molecular weight is 238 g/mol. The number of carbonyl (C=O) groups is 1. The van der Waals surface area contributed by atoms with E-state index in [9.17, 15) is 18.0 Å². The maximum absolute atomic E-state index is 11.8. The van der Waals surface area contributed by atoms with Gasteiger partial charge in [-0.15, -0.1) is 0 Å². The number of rotatable bonds is 7. The van der Waals surface area contributed by atoms with Crippen molar-refractivity contribution in [1.29, 1.82) is 0 Å². The van der Waals surface area contributed by atoms with Crippen molar-refractivity contribution in [3.05, 3.63) is 0 Å². The van der Waals surface area contributed by atoms with E-state index in [-0.39, 0.29) is 25.4 Å². The summed E-state index contributed by atoms with van der Waals surface area (Å²) >= 11 is 0. The SMILES string of the molecule is O=C(CNCC1CC1)NCCCC(F)(F)F. The molecule has 0 aromatic rings. The van der Waals surface area contributed by atoms with Gasteiger partial charge >= 0.3 is 6.18 Å². The number of alkyl halides is 3. The largest absolute Gasteiger partial charge is 0.389 e. The van der Waals surface area contributed by atoms with Crippen LogP contribution in [0, 0.1) is 5.92 Å². The first-order chi connectivity index (χ1) is 7.47. The number of halogens is 3. The standard InChI is InChI=1S/C10H17F3N2O/c11-10(12,13)4-1-5-15-9(16)7-14-6-8-2-3-8/h8,14H,1-7H2,(H,15,16). The van der Waals surface area contributed by atoms with Crippen LogP contribution >= 0.6 is 0 Å². The molecular formula is C10H17F3N2O. The molecule has 0 unspecified atom stereocenters. The molecule has 0 saturated heterocycles. The zero-order chi connectivity index (χ0) is 12.0. The number of amides is 1. The van der Waals surface area contributed by atoms with Gasteiger partial charge in [0.2, 0.25) is 5.91 Å². The Bertz CT molecular complexity index is 227. The predicted octanol–water partition coefficient (Wildman–Crippen LogP) is 1.44. The fraction of sp³-hybridized carbons (Fsp3) is 0.900. The number of hydrogen-bond donors (Lipinski definition) is 2. The van der Waals surface area contributed by atoms with E-state index in [0.29, 0.717) is 5.92 Å². The highest BCUT2D eigenvalue weighted by Crippen LogP contribution is 2.27. The molecule has 1 rings (SSSR count). The normalized spacial score (nSPS) is 16.2. The number of nitrogens with one attached hydrogen (secondary N) is 2. The van der Waals surface area contributed by atoms with Gasteiger partial charge in [0.25, 0.3) is 0 Å². The molecule has 0 bridgehead atoms. The molecule has 1 saturated carbocycles. The lowest BCUT2D eigenvalue weighted by atomic mass is 10.3. The van der Waals surface area contributed by atoms with Crippen LogP contribution in [0.4, 0.5) is 13.2 Å². The van der Waals surface area contributed by atoms with Gasteiger partial charge in [-0.1, -0.05) is 0 Å². The summed E-state index contributed by atoms with van der Waals surface area (Å²) in [6.45, 7) is 1.11. The molecule has 0 spiro atoms. The minimum atomic E-state index is -4.13. The molecule has 3 nitrogen and oxygen atoms in total. The van der Waals surface area contributed by atoms with Crippen molar-refractivity contribution in [1.82, 2.24) is 10.6 Å².